The maximum absolute atomic E-state index is 10.5. The van der Waals surface area contributed by atoms with E-state index in [0.717, 1.165) is 12.5 Å². The van der Waals surface area contributed by atoms with Gasteiger partial charge in [0.1, 0.15) is 0 Å². The summed E-state index contributed by atoms with van der Waals surface area (Å²) in [6.07, 6.45) is 4.48. The largest absolute Gasteiger partial charge is 0.481 e. The number of aromatic nitrogens is 2. The van der Waals surface area contributed by atoms with Crippen LogP contribution >= 0.6 is 0 Å². The van der Waals surface area contributed by atoms with E-state index in [1.807, 2.05) is 17.8 Å². The van der Waals surface area contributed by atoms with Gasteiger partial charge in [-0.2, -0.15) is 0 Å². The highest BCUT2D eigenvalue weighted by Crippen LogP contribution is 2.14. The zero-order valence-corrected chi connectivity index (χ0v) is 10.1. The molecule has 0 saturated carbocycles. The predicted molar refractivity (Wildman–Crippen MR) is 62.6 cm³/mol. The first-order valence-electron chi connectivity index (χ1n) is 5.48. The van der Waals surface area contributed by atoms with Crippen LogP contribution in [0.25, 0.3) is 0 Å². The van der Waals surface area contributed by atoms with Gasteiger partial charge in [0.2, 0.25) is 5.95 Å². The van der Waals surface area contributed by atoms with Crippen LogP contribution in [0.4, 0.5) is 5.95 Å². The Morgan fingerprint density at radius 3 is 2.75 bits per heavy atom. The SMILES string of the molecule is CC(C)N(CCCC(=O)O)c1nccn1C. The van der Waals surface area contributed by atoms with E-state index in [0.29, 0.717) is 12.5 Å². The van der Waals surface area contributed by atoms with E-state index < -0.39 is 5.97 Å². The smallest absolute Gasteiger partial charge is 0.303 e. The summed E-state index contributed by atoms with van der Waals surface area (Å²) in [5.41, 5.74) is 0. The van der Waals surface area contributed by atoms with Gasteiger partial charge in [-0.3, -0.25) is 4.79 Å². The summed E-state index contributed by atoms with van der Waals surface area (Å²) in [7, 11) is 1.94. The van der Waals surface area contributed by atoms with Gasteiger partial charge < -0.3 is 14.6 Å². The summed E-state index contributed by atoms with van der Waals surface area (Å²) in [5.74, 6) is 0.143. The molecule has 1 rings (SSSR count). The number of hydrogen-bond acceptors (Lipinski definition) is 3. The minimum absolute atomic E-state index is 0.202. The van der Waals surface area contributed by atoms with Crippen molar-refractivity contribution in [2.45, 2.75) is 32.7 Å². The Morgan fingerprint density at radius 1 is 1.62 bits per heavy atom. The fraction of sp³-hybridized carbons (Fsp3) is 0.636. The molecular formula is C11H19N3O2. The summed E-state index contributed by atoms with van der Waals surface area (Å²) >= 11 is 0. The van der Waals surface area contributed by atoms with Crippen molar-refractivity contribution in [1.82, 2.24) is 9.55 Å². The number of anilines is 1. The van der Waals surface area contributed by atoms with E-state index in [2.05, 4.69) is 23.7 Å². The molecule has 0 atom stereocenters. The summed E-state index contributed by atoms with van der Waals surface area (Å²) < 4.78 is 1.95. The summed E-state index contributed by atoms with van der Waals surface area (Å²) in [4.78, 5) is 16.9. The van der Waals surface area contributed by atoms with Gasteiger partial charge in [0, 0.05) is 38.4 Å². The standard InChI is InChI=1S/C11H19N3O2/c1-9(2)14(7-4-5-10(15)16)11-12-6-8-13(11)3/h6,8-9H,4-5,7H2,1-3H3,(H,15,16). The van der Waals surface area contributed by atoms with Crippen LogP contribution in [0.1, 0.15) is 26.7 Å². The molecule has 0 spiro atoms. The molecule has 5 nitrogen and oxygen atoms in total. The van der Waals surface area contributed by atoms with Crippen LogP contribution in [0.5, 0.6) is 0 Å². The van der Waals surface area contributed by atoms with Gasteiger partial charge in [0.25, 0.3) is 0 Å². The van der Waals surface area contributed by atoms with Crippen LogP contribution < -0.4 is 4.90 Å². The second-order valence-corrected chi connectivity index (χ2v) is 4.12. The van der Waals surface area contributed by atoms with E-state index in [1.165, 1.54) is 0 Å². The average Bonchev–Trinajstić information content (AvgIpc) is 2.58. The first-order chi connectivity index (χ1) is 7.52. The topological polar surface area (TPSA) is 58.4 Å². The quantitative estimate of drug-likeness (QED) is 0.797. The van der Waals surface area contributed by atoms with Gasteiger partial charge in [-0.05, 0) is 20.3 Å². The molecule has 1 aromatic heterocycles. The normalized spacial score (nSPS) is 10.8. The van der Waals surface area contributed by atoms with E-state index in [-0.39, 0.29) is 6.42 Å². The molecule has 0 saturated heterocycles. The van der Waals surface area contributed by atoms with Crippen molar-refractivity contribution in [2.24, 2.45) is 7.05 Å². The van der Waals surface area contributed by atoms with Crippen LogP contribution in [0.15, 0.2) is 12.4 Å². The highest BCUT2D eigenvalue weighted by Gasteiger charge is 2.14. The van der Waals surface area contributed by atoms with Gasteiger partial charge in [0.15, 0.2) is 0 Å². The van der Waals surface area contributed by atoms with Crippen molar-refractivity contribution < 1.29 is 9.90 Å². The minimum atomic E-state index is -0.747. The Bertz CT molecular complexity index is 347. The molecule has 1 N–H and O–H groups in total. The number of imidazole rings is 1. The first-order valence-corrected chi connectivity index (χ1v) is 5.48. The lowest BCUT2D eigenvalue weighted by Gasteiger charge is -2.27. The third-order valence-electron chi connectivity index (χ3n) is 2.47. The molecule has 90 valence electrons. The highest BCUT2D eigenvalue weighted by molar-refractivity contribution is 5.66. The number of hydrogen-bond donors (Lipinski definition) is 1. The zero-order chi connectivity index (χ0) is 12.1. The van der Waals surface area contributed by atoms with Gasteiger partial charge >= 0.3 is 5.97 Å². The Balaban J connectivity index is 2.62. The molecule has 16 heavy (non-hydrogen) atoms. The molecular weight excluding hydrogens is 206 g/mol. The van der Waals surface area contributed by atoms with Crippen molar-refractivity contribution in [3.05, 3.63) is 12.4 Å². The number of aryl methyl sites for hydroxylation is 1. The van der Waals surface area contributed by atoms with Gasteiger partial charge in [0.05, 0.1) is 0 Å². The predicted octanol–water partition coefficient (Wildman–Crippen LogP) is 1.50. The highest BCUT2D eigenvalue weighted by atomic mass is 16.4. The molecule has 0 bridgehead atoms. The third-order valence-corrected chi connectivity index (χ3v) is 2.47. The molecule has 0 aliphatic carbocycles. The number of carbonyl (C=O) groups is 1. The number of rotatable bonds is 6. The first kappa shape index (κ1) is 12.5. The van der Waals surface area contributed by atoms with Crippen LogP contribution in [0.3, 0.4) is 0 Å². The molecule has 0 fully saturated rings. The lowest BCUT2D eigenvalue weighted by molar-refractivity contribution is -0.137. The monoisotopic (exact) mass is 225 g/mol. The molecule has 5 heteroatoms. The lowest BCUT2D eigenvalue weighted by Crippen LogP contribution is -2.34. The van der Waals surface area contributed by atoms with Gasteiger partial charge in [-0.25, -0.2) is 4.98 Å². The summed E-state index contributed by atoms with van der Waals surface area (Å²) in [6.45, 7) is 4.87. The maximum Gasteiger partial charge on any atom is 0.303 e. The van der Waals surface area contributed by atoms with Crippen LogP contribution in [0.2, 0.25) is 0 Å². The molecule has 0 radical (unpaired) electrons. The number of nitrogens with zero attached hydrogens (tertiary/aromatic N) is 3. The maximum atomic E-state index is 10.5. The number of carboxylic acid groups (broad SMARTS) is 1. The Labute approximate surface area is 95.7 Å². The van der Waals surface area contributed by atoms with Crippen molar-refractivity contribution >= 4 is 11.9 Å². The van der Waals surface area contributed by atoms with Gasteiger partial charge in [-0.1, -0.05) is 0 Å². The average molecular weight is 225 g/mol. The molecule has 0 aliphatic rings. The third kappa shape index (κ3) is 3.25. The number of aliphatic carboxylic acids is 1. The lowest BCUT2D eigenvalue weighted by atomic mass is 10.2. The van der Waals surface area contributed by atoms with E-state index in [4.69, 9.17) is 5.11 Å². The van der Waals surface area contributed by atoms with Crippen molar-refractivity contribution in [3.63, 3.8) is 0 Å². The zero-order valence-electron chi connectivity index (χ0n) is 10.1. The fourth-order valence-corrected chi connectivity index (χ4v) is 1.62. The van der Waals surface area contributed by atoms with Crippen molar-refractivity contribution in [2.75, 3.05) is 11.4 Å². The van der Waals surface area contributed by atoms with Crippen LogP contribution in [-0.4, -0.2) is 33.2 Å². The Morgan fingerprint density at radius 2 is 2.31 bits per heavy atom. The number of carboxylic acids is 1. The Kier molecular flexibility index (Phi) is 4.34. The second kappa shape index (κ2) is 5.53. The van der Waals surface area contributed by atoms with E-state index >= 15 is 0 Å². The molecule has 0 aliphatic heterocycles. The van der Waals surface area contributed by atoms with Crippen molar-refractivity contribution in [3.8, 4) is 0 Å². The fourth-order valence-electron chi connectivity index (χ4n) is 1.62. The Hall–Kier alpha value is -1.52. The van der Waals surface area contributed by atoms with E-state index in [1.54, 1.807) is 6.20 Å². The van der Waals surface area contributed by atoms with Crippen LogP contribution in [-0.2, 0) is 11.8 Å². The molecule has 0 amide bonds. The second-order valence-electron chi connectivity index (χ2n) is 4.12. The molecule has 0 aromatic carbocycles. The molecule has 1 heterocycles. The molecule has 1 aromatic rings. The van der Waals surface area contributed by atoms with E-state index in [9.17, 15) is 4.79 Å². The summed E-state index contributed by atoms with van der Waals surface area (Å²) in [5, 5.41) is 8.61. The van der Waals surface area contributed by atoms with Gasteiger partial charge in [-0.15, -0.1) is 0 Å². The minimum Gasteiger partial charge on any atom is -0.481 e. The van der Waals surface area contributed by atoms with Crippen LogP contribution in [0, 0.1) is 0 Å². The van der Waals surface area contributed by atoms with Crippen molar-refractivity contribution in [1.29, 1.82) is 0 Å². The summed E-state index contributed by atoms with van der Waals surface area (Å²) in [6, 6.07) is 0.315. The molecule has 0 unspecified atom stereocenters.